The van der Waals surface area contributed by atoms with Crippen molar-refractivity contribution in [1.82, 2.24) is 15.1 Å². The number of nitrogens with one attached hydrogen (secondary N) is 1. The largest absolute Gasteiger partial charge is 0.317 e. The van der Waals surface area contributed by atoms with Crippen molar-refractivity contribution in [3.05, 3.63) is 0 Å². The van der Waals surface area contributed by atoms with E-state index < -0.39 is 0 Å². The lowest BCUT2D eigenvalue weighted by Gasteiger charge is -2.40. The molecule has 0 aromatic rings. The summed E-state index contributed by atoms with van der Waals surface area (Å²) in [6.45, 7) is 7.89. The summed E-state index contributed by atoms with van der Waals surface area (Å²) < 4.78 is 0. The van der Waals surface area contributed by atoms with E-state index in [0.717, 1.165) is 25.7 Å². The average molecular weight is 207 g/mol. The third-order valence-corrected chi connectivity index (χ3v) is 3.55. The minimum atomic E-state index is 0.819. The minimum absolute atomic E-state index is 0.819. The van der Waals surface area contributed by atoms with Crippen molar-refractivity contribution in [3.63, 3.8) is 0 Å². The summed E-state index contributed by atoms with van der Waals surface area (Å²) >= 11 is 0. The van der Waals surface area contributed by atoms with E-state index in [4.69, 9.17) is 6.42 Å². The van der Waals surface area contributed by atoms with Gasteiger partial charge in [0.15, 0.2) is 0 Å². The average Bonchev–Trinajstić information content (AvgIpc) is 2.32. The molecule has 0 aromatic carbocycles. The fourth-order valence-electron chi connectivity index (χ4n) is 2.59. The van der Waals surface area contributed by atoms with Gasteiger partial charge in [0.2, 0.25) is 0 Å². The van der Waals surface area contributed by atoms with Gasteiger partial charge in [0.1, 0.15) is 0 Å². The Balaban J connectivity index is 1.75. The Morgan fingerprint density at radius 2 is 1.80 bits per heavy atom. The van der Waals surface area contributed by atoms with Gasteiger partial charge in [-0.05, 0) is 25.9 Å². The molecule has 2 rings (SSSR count). The highest BCUT2D eigenvalue weighted by molar-refractivity contribution is 4.90. The first-order valence-corrected chi connectivity index (χ1v) is 6.01. The van der Waals surface area contributed by atoms with Crippen LogP contribution in [0.2, 0.25) is 0 Å². The van der Waals surface area contributed by atoms with E-state index in [2.05, 4.69) is 21.0 Å². The molecule has 2 saturated heterocycles. The van der Waals surface area contributed by atoms with Gasteiger partial charge in [-0.2, -0.15) is 0 Å². The molecular formula is C12H21N3. The van der Waals surface area contributed by atoms with Crippen molar-refractivity contribution >= 4 is 0 Å². The van der Waals surface area contributed by atoms with Crippen molar-refractivity contribution in [2.45, 2.75) is 18.9 Å². The lowest BCUT2D eigenvalue weighted by atomic mass is 10.0. The number of hydrogen-bond acceptors (Lipinski definition) is 3. The van der Waals surface area contributed by atoms with Crippen molar-refractivity contribution in [1.29, 1.82) is 0 Å². The summed E-state index contributed by atoms with van der Waals surface area (Å²) in [5.74, 6) is 2.73. The zero-order valence-electron chi connectivity index (χ0n) is 9.41. The summed E-state index contributed by atoms with van der Waals surface area (Å²) in [4.78, 5) is 5.02. The van der Waals surface area contributed by atoms with Crippen LogP contribution in [0.4, 0.5) is 0 Å². The Kier molecular flexibility index (Phi) is 4.01. The molecule has 0 saturated carbocycles. The van der Waals surface area contributed by atoms with Crippen LogP contribution < -0.4 is 5.32 Å². The SMILES string of the molecule is C#CCN1CCN(C2CCNCC2)CC1. The van der Waals surface area contributed by atoms with Gasteiger partial charge in [-0.1, -0.05) is 5.92 Å². The third-order valence-electron chi connectivity index (χ3n) is 3.55. The predicted molar refractivity (Wildman–Crippen MR) is 62.7 cm³/mol. The molecule has 84 valence electrons. The predicted octanol–water partition coefficient (Wildman–Crippen LogP) is -0.0108. The molecule has 2 aliphatic rings. The lowest BCUT2D eigenvalue weighted by molar-refractivity contribution is 0.0889. The number of rotatable bonds is 2. The number of hydrogen-bond donors (Lipinski definition) is 1. The van der Waals surface area contributed by atoms with Gasteiger partial charge in [-0.25, -0.2) is 0 Å². The summed E-state index contributed by atoms with van der Waals surface area (Å²) in [6, 6.07) is 0.819. The van der Waals surface area contributed by atoms with Gasteiger partial charge < -0.3 is 5.32 Å². The molecule has 3 nitrogen and oxygen atoms in total. The summed E-state index contributed by atoms with van der Waals surface area (Å²) in [6.07, 6.45) is 7.95. The molecule has 2 heterocycles. The normalized spacial score (nSPS) is 26.3. The molecule has 2 aliphatic heterocycles. The molecule has 3 heteroatoms. The van der Waals surface area contributed by atoms with Crippen LogP contribution in [0.25, 0.3) is 0 Å². The molecule has 0 aromatic heterocycles. The van der Waals surface area contributed by atoms with Crippen LogP contribution in [0, 0.1) is 12.3 Å². The summed E-state index contributed by atoms with van der Waals surface area (Å²) in [5.41, 5.74) is 0. The summed E-state index contributed by atoms with van der Waals surface area (Å²) in [5, 5.41) is 3.42. The second-order valence-corrected chi connectivity index (χ2v) is 4.50. The van der Waals surface area contributed by atoms with Crippen LogP contribution in [0.5, 0.6) is 0 Å². The van der Waals surface area contributed by atoms with E-state index in [9.17, 15) is 0 Å². The second kappa shape index (κ2) is 5.50. The molecule has 0 radical (unpaired) electrons. The maximum Gasteiger partial charge on any atom is 0.0599 e. The quantitative estimate of drug-likeness (QED) is 0.643. The highest BCUT2D eigenvalue weighted by Crippen LogP contribution is 2.14. The fourth-order valence-corrected chi connectivity index (χ4v) is 2.59. The van der Waals surface area contributed by atoms with Crippen molar-refractivity contribution < 1.29 is 0 Å². The first-order chi connectivity index (χ1) is 7.40. The first kappa shape index (κ1) is 10.9. The Labute approximate surface area is 92.8 Å². The van der Waals surface area contributed by atoms with Crippen LogP contribution in [-0.2, 0) is 0 Å². The molecule has 0 bridgehead atoms. The van der Waals surface area contributed by atoms with Crippen LogP contribution in [-0.4, -0.2) is 61.7 Å². The highest BCUT2D eigenvalue weighted by atomic mass is 15.3. The molecule has 0 aliphatic carbocycles. The lowest BCUT2D eigenvalue weighted by Crippen LogP contribution is -2.52. The van der Waals surface area contributed by atoms with E-state index >= 15 is 0 Å². The van der Waals surface area contributed by atoms with Crippen molar-refractivity contribution in [2.24, 2.45) is 0 Å². The van der Waals surface area contributed by atoms with Gasteiger partial charge in [0, 0.05) is 32.2 Å². The molecular weight excluding hydrogens is 186 g/mol. The van der Waals surface area contributed by atoms with Gasteiger partial charge in [0.25, 0.3) is 0 Å². The Morgan fingerprint density at radius 1 is 1.13 bits per heavy atom. The zero-order valence-corrected chi connectivity index (χ0v) is 9.41. The molecule has 2 fully saturated rings. The second-order valence-electron chi connectivity index (χ2n) is 4.50. The van der Waals surface area contributed by atoms with Crippen molar-refractivity contribution in [2.75, 3.05) is 45.8 Å². The highest BCUT2D eigenvalue weighted by Gasteiger charge is 2.24. The van der Waals surface area contributed by atoms with E-state index in [1.165, 1.54) is 39.0 Å². The Morgan fingerprint density at radius 3 is 2.40 bits per heavy atom. The smallest absolute Gasteiger partial charge is 0.0599 e. The minimum Gasteiger partial charge on any atom is -0.317 e. The van der Waals surface area contributed by atoms with Gasteiger partial charge in [-0.3, -0.25) is 9.80 Å². The Bertz CT molecular complexity index is 220. The maximum absolute atomic E-state index is 5.32. The van der Waals surface area contributed by atoms with Crippen LogP contribution in [0.1, 0.15) is 12.8 Å². The molecule has 0 unspecified atom stereocenters. The van der Waals surface area contributed by atoms with E-state index in [-0.39, 0.29) is 0 Å². The van der Waals surface area contributed by atoms with Crippen LogP contribution in [0.3, 0.4) is 0 Å². The van der Waals surface area contributed by atoms with Gasteiger partial charge in [-0.15, -0.1) is 6.42 Å². The number of terminal acetylenes is 1. The zero-order chi connectivity index (χ0) is 10.5. The van der Waals surface area contributed by atoms with E-state index in [1.54, 1.807) is 0 Å². The number of nitrogens with zero attached hydrogens (tertiary/aromatic N) is 2. The van der Waals surface area contributed by atoms with Crippen molar-refractivity contribution in [3.8, 4) is 12.3 Å². The topological polar surface area (TPSA) is 18.5 Å². The van der Waals surface area contributed by atoms with Gasteiger partial charge in [0.05, 0.1) is 6.54 Å². The number of piperidine rings is 1. The molecule has 1 N–H and O–H groups in total. The molecule has 0 atom stereocenters. The molecule has 0 spiro atoms. The number of piperazine rings is 1. The Hall–Kier alpha value is -0.560. The van der Waals surface area contributed by atoms with E-state index in [0.29, 0.717) is 0 Å². The summed E-state index contributed by atoms with van der Waals surface area (Å²) in [7, 11) is 0. The standard InChI is InChI=1S/C12H21N3/c1-2-7-14-8-10-15(11-9-14)12-3-5-13-6-4-12/h1,12-13H,3-11H2. The van der Waals surface area contributed by atoms with E-state index in [1.807, 2.05) is 0 Å². The maximum atomic E-state index is 5.32. The van der Waals surface area contributed by atoms with Crippen LogP contribution in [0.15, 0.2) is 0 Å². The van der Waals surface area contributed by atoms with Gasteiger partial charge >= 0.3 is 0 Å². The first-order valence-electron chi connectivity index (χ1n) is 6.01. The fraction of sp³-hybridized carbons (Fsp3) is 0.833. The third kappa shape index (κ3) is 2.94. The molecule has 15 heavy (non-hydrogen) atoms. The van der Waals surface area contributed by atoms with Crippen LogP contribution >= 0.6 is 0 Å². The molecule has 0 amide bonds. The monoisotopic (exact) mass is 207 g/mol.